The highest BCUT2D eigenvalue weighted by Crippen LogP contribution is 2.33. The van der Waals surface area contributed by atoms with Gasteiger partial charge in [0.2, 0.25) is 5.91 Å². The summed E-state index contributed by atoms with van der Waals surface area (Å²) in [7, 11) is 0. The quantitative estimate of drug-likeness (QED) is 0.0287. The van der Waals surface area contributed by atoms with Crippen molar-refractivity contribution >= 4 is 5.91 Å². The first-order valence-electron chi connectivity index (χ1n) is 29.5. The molecule has 19 nitrogen and oxygen atoms in total. The van der Waals surface area contributed by atoms with Gasteiger partial charge in [-0.15, -0.1) is 0 Å². The minimum Gasteiger partial charge on any atom is -0.394 e. The average Bonchev–Trinajstić information content (AvgIpc) is 3.46. The first-order valence-corrected chi connectivity index (χ1v) is 29.5. The lowest BCUT2D eigenvalue weighted by Crippen LogP contribution is -2.66. The summed E-state index contributed by atoms with van der Waals surface area (Å²) in [5, 5.41) is 120. The Hall–Kier alpha value is -2.51. The van der Waals surface area contributed by atoms with Crippen LogP contribution in [0, 0.1) is 0 Å². The molecular formula is C59H103NO18. The highest BCUT2D eigenvalue weighted by atomic mass is 16.8. The Labute approximate surface area is 465 Å². The highest BCUT2D eigenvalue weighted by molar-refractivity contribution is 5.76. The molecule has 3 fully saturated rings. The van der Waals surface area contributed by atoms with Gasteiger partial charge in [0.25, 0.3) is 0 Å². The van der Waals surface area contributed by atoms with Crippen molar-refractivity contribution < 1.29 is 89.4 Å². The maximum absolute atomic E-state index is 13.3. The molecule has 0 aromatic rings. The van der Waals surface area contributed by atoms with E-state index in [-0.39, 0.29) is 18.9 Å². The molecule has 452 valence electrons. The smallest absolute Gasteiger partial charge is 0.220 e. The van der Waals surface area contributed by atoms with Gasteiger partial charge in [0.15, 0.2) is 18.9 Å². The van der Waals surface area contributed by atoms with Gasteiger partial charge in [-0.1, -0.05) is 171 Å². The molecule has 0 radical (unpaired) electrons. The fourth-order valence-electron chi connectivity index (χ4n) is 9.75. The average molecular weight is 1110 g/mol. The highest BCUT2D eigenvalue weighted by Gasteiger charge is 2.53. The number of unbranched alkanes of at least 4 members (excludes halogenated alkanes) is 16. The lowest BCUT2D eigenvalue weighted by molar-refractivity contribution is -0.379. The van der Waals surface area contributed by atoms with Crippen molar-refractivity contribution in [2.24, 2.45) is 0 Å². The number of aliphatic hydroxyl groups is 11. The summed E-state index contributed by atoms with van der Waals surface area (Å²) in [5.74, 6) is -0.266. The van der Waals surface area contributed by atoms with E-state index < -0.39 is 124 Å². The third kappa shape index (κ3) is 26.2. The van der Waals surface area contributed by atoms with Crippen molar-refractivity contribution in [2.75, 3.05) is 26.4 Å². The Bertz CT molecular complexity index is 1660. The zero-order valence-electron chi connectivity index (χ0n) is 46.9. The van der Waals surface area contributed by atoms with Crippen molar-refractivity contribution in [2.45, 2.75) is 279 Å². The van der Waals surface area contributed by atoms with Crippen LogP contribution in [0.1, 0.15) is 174 Å². The van der Waals surface area contributed by atoms with E-state index in [1.165, 1.54) is 51.4 Å². The molecule has 0 bridgehead atoms. The van der Waals surface area contributed by atoms with E-state index in [2.05, 4.69) is 79.9 Å². The molecule has 0 aliphatic carbocycles. The third-order valence-electron chi connectivity index (χ3n) is 14.6. The zero-order valence-corrected chi connectivity index (χ0v) is 46.9. The van der Waals surface area contributed by atoms with Crippen LogP contribution in [-0.2, 0) is 33.2 Å². The number of rotatable bonds is 42. The Morgan fingerprint density at radius 1 is 0.474 bits per heavy atom. The number of ether oxygens (including phenoxy) is 6. The Balaban J connectivity index is 1.49. The van der Waals surface area contributed by atoms with Gasteiger partial charge < -0.3 is 89.9 Å². The monoisotopic (exact) mass is 1110 g/mol. The normalized spacial score (nSPS) is 30.9. The molecule has 3 saturated heterocycles. The summed E-state index contributed by atoms with van der Waals surface area (Å²) in [4.78, 5) is 13.3. The molecule has 17 unspecified atom stereocenters. The molecule has 3 heterocycles. The number of carbonyl (C=O) groups is 1. The van der Waals surface area contributed by atoms with Gasteiger partial charge in [-0.2, -0.15) is 0 Å². The maximum atomic E-state index is 13.3. The number of allylic oxidation sites excluding steroid dienone is 10. The summed E-state index contributed by atoms with van der Waals surface area (Å²) in [6.45, 7) is 1.63. The number of amides is 1. The van der Waals surface area contributed by atoms with Crippen LogP contribution in [0.3, 0.4) is 0 Å². The summed E-state index contributed by atoms with van der Waals surface area (Å²) < 4.78 is 34.2. The van der Waals surface area contributed by atoms with Crippen LogP contribution in [0.2, 0.25) is 0 Å². The van der Waals surface area contributed by atoms with Crippen LogP contribution in [-0.4, -0.2) is 193 Å². The lowest BCUT2D eigenvalue weighted by atomic mass is 9.96. The lowest BCUT2D eigenvalue weighted by Gasteiger charge is -2.48. The van der Waals surface area contributed by atoms with E-state index in [0.717, 1.165) is 89.9 Å². The Kier molecular flexibility index (Phi) is 37.9. The molecule has 3 rings (SSSR count). The molecular weight excluding hydrogens is 1010 g/mol. The number of carbonyl (C=O) groups excluding carboxylic acids is 1. The van der Waals surface area contributed by atoms with Crippen molar-refractivity contribution in [1.82, 2.24) is 5.32 Å². The standard InChI is InChI=1S/C59H103NO18/c1-3-5-7-9-11-13-15-17-18-19-20-21-22-23-24-25-27-29-31-33-35-37-47(65)60-42(43(64)36-34-32-30-28-26-16-14-12-10-8-6-4-2)41-73-57-53(71)50(68)55(45(39-62)75-57)78-59-54(72)51(69)56(46(40-63)76-59)77-58-52(70)49(67)48(66)44(38-61)74-58/h5,7,11,13,17-18,20-21,23-24,42-46,48-59,61-64,66-72H,3-4,6,8-10,12,14-16,19,22,25-41H2,1-2H3,(H,60,65)/b7-5-,13-11-,18-17-,21-20-,24-23-. The molecule has 78 heavy (non-hydrogen) atoms. The van der Waals surface area contributed by atoms with Gasteiger partial charge in [0.05, 0.1) is 38.6 Å². The predicted molar refractivity (Wildman–Crippen MR) is 295 cm³/mol. The predicted octanol–water partition coefficient (Wildman–Crippen LogP) is 4.87. The van der Waals surface area contributed by atoms with Gasteiger partial charge >= 0.3 is 0 Å². The zero-order chi connectivity index (χ0) is 56.9. The van der Waals surface area contributed by atoms with Crippen LogP contribution >= 0.6 is 0 Å². The van der Waals surface area contributed by atoms with Crippen LogP contribution in [0.4, 0.5) is 0 Å². The summed E-state index contributed by atoms with van der Waals surface area (Å²) in [6.07, 6.45) is 20.2. The summed E-state index contributed by atoms with van der Waals surface area (Å²) >= 11 is 0. The van der Waals surface area contributed by atoms with Gasteiger partial charge in [-0.3, -0.25) is 4.79 Å². The second-order valence-corrected chi connectivity index (χ2v) is 21.1. The molecule has 3 aliphatic heterocycles. The molecule has 17 atom stereocenters. The van der Waals surface area contributed by atoms with Crippen LogP contribution in [0.25, 0.3) is 0 Å². The van der Waals surface area contributed by atoms with E-state index in [9.17, 15) is 61.0 Å². The summed E-state index contributed by atoms with van der Waals surface area (Å²) in [5.41, 5.74) is 0. The van der Waals surface area contributed by atoms with Gasteiger partial charge in [0.1, 0.15) is 73.2 Å². The largest absolute Gasteiger partial charge is 0.394 e. The number of hydrogen-bond acceptors (Lipinski definition) is 18. The molecule has 0 saturated carbocycles. The third-order valence-corrected chi connectivity index (χ3v) is 14.6. The second kappa shape index (κ2) is 42.3. The van der Waals surface area contributed by atoms with Crippen molar-refractivity contribution in [3.63, 3.8) is 0 Å². The van der Waals surface area contributed by atoms with Crippen molar-refractivity contribution in [3.05, 3.63) is 60.8 Å². The van der Waals surface area contributed by atoms with Crippen LogP contribution < -0.4 is 5.32 Å². The maximum Gasteiger partial charge on any atom is 0.220 e. The first-order chi connectivity index (χ1) is 37.8. The SMILES string of the molecule is CC/C=C\C/C=C\C/C=C\C/C=C\C/C=C\CCCCCCCC(=O)NC(COC1OC(CO)C(OC2OC(CO)C(OC3OC(CO)C(O)C(O)C3O)C(O)C2O)C(O)C1O)C(O)CCCCCCCCCCCCCC. The fraction of sp³-hybridized carbons (Fsp3) is 0.814. The van der Waals surface area contributed by atoms with Gasteiger partial charge in [-0.05, 0) is 57.8 Å². The minimum atomic E-state index is -1.98. The van der Waals surface area contributed by atoms with Gasteiger partial charge in [-0.25, -0.2) is 0 Å². The fourth-order valence-corrected chi connectivity index (χ4v) is 9.75. The minimum absolute atomic E-state index is 0.241. The van der Waals surface area contributed by atoms with E-state index in [1.54, 1.807) is 0 Å². The molecule has 3 aliphatic rings. The van der Waals surface area contributed by atoms with Crippen LogP contribution in [0.5, 0.6) is 0 Å². The number of hydrogen-bond donors (Lipinski definition) is 12. The van der Waals surface area contributed by atoms with E-state index >= 15 is 0 Å². The molecule has 0 spiro atoms. The molecule has 19 heteroatoms. The topological polar surface area (TPSA) is 307 Å². The van der Waals surface area contributed by atoms with E-state index in [1.807, 2.05) is 0 Å². The number of aliphatic hydroxyl groups excluding tert-OH is 11. The Morgan fingerprint density at radius 2 is 0.885 bits per heavy atom. The Morgan fingerprint density at radius 3 is 1.38 bits per heavy atom. The molecule has 0 aromatic carbocycles. The first kappa shape index (κ1) is 69.8. The molecule has 1 amide bonds. The number of nitrogens with one attached hydrogen (secondary N) is 1. The van der Waals surface area contributed by atoms with E-state index in [4.69, 9.17) is 28.4 Å². The van der Waals surface area contributed by atoms with Crippen molar-refractivity contribution in [1.29, 1.82) is 0 Å². The molecule has 0 aromatic heterocycles. The van der Waals surface area contributed by atoms with Crippen LogP contribution in [0.15, 0.2) is 60.8 Å². The second-order valence-electron chi connectivity index (χ2n) is 21.1. The van der Waals surface area contributed by atoms with Crippen molar-refractivity contribution in [3.8, 4) is 0 Å². The van der Waals surface area contributed by atoms with Gasteiger partial charge in [0, 0.05) is 6.42 Å². The van der Waals surface area contributed by atoms with E-state index in [0.29, 0.717) is 12.8 Å². The summed E-state index contributed by atoms with van der Waals surface area (Å²) in [6, 6.07) is -0.899. The molecule has 12 N–H and O–H groups in total.